The van der Waals surface area contributed by atoms with Gasteiger partial charge in [-0.1, -0.05) is 0 Å². The predicted octanol–water partition coefficient (Wildman–Crippen LogP) is 4.34. The van der Waals surface area contributed by atoms with Crippen LogP contribution in [-0.2, 0) is 4.74 Å². The van der Waals surface area contributed by atoms with E-state index in [1.54, 1.807) is 11.3 Å². The molecular weight excluding hydrogens is 306 g/mol. The summed E-state index contributed by atoms with van der Waals surface area (Å²) in [4.78, 5) is 8.20. The lowest BCUT2D eigenvalue weighted by Gasteiger charge is -2.23. The van der Waals surface area contributed by atoms with E-state index in [0.29, 0.717) is 11.7 Å². The molecule has 0 bridgehead atoms. The highest BCUT2D eigenvalue weighted by Crippen LogP contribution is 2.32. The number of thiazole rings is 1. The van der Waals surface area contributed by atoms with Crippen molar-refractivity contribution in [2.45, 2.75) is 39.2 Å². The highest BCUT2D eigenvalue weighted by Gasteiger charge is 2.20. The third-order valence-electron chi connectivity index (χ3n) is 4.25. The lowest BCUT2D eigenvalue weighted by Crippen LogP contribution is -2.22. The lowest BCUT2D eigenvalue weighted by atomic mass is 10.1. The number of rotatable bonds is 5. The maximum absolute atomic E-state index is 8.98. The first kappa shape index (κ1) is 16.0. The Morgan fingerprint density at radius 2 is 2.13 bits per heavy atom. The van der Waals surface area contributed by atoms with Gasteiger partial charge in [0.05, 0.1) is 23.4 Å². The minimum atomic E-state index is 0.359. The molecule has 0 N–H and O–H groups in total. The Morgan fingerprint density at radius 1 is 1.35 bits per heavy atom. The van der Waals surface area contributed by atoms with Crippen LogP contribution in [0.5, 0.6) is 0 Å². The van der Waals surface area contributed by atoms with Gasteiger partial charge < -0.3 is 9.64 Å². The molecule has 1 unspecified atom stereocenters. The first-order chi connectivity index (χ1) is 11.2. The number of hydrogen-bond acceptors (Lipinski definition) is 5. The van der Waals surface area contributed by atoms with Crippen LogP contribution in [0.1, 0.15) is 35.4 Å². The van der Waals surface area contributed by atoms with Crippen molar-refractivity contribution in [2.75, 3.05) is 18.1 Å². The van der Waals surface area contributed by atoms with Gasteiger partial charge in [0.2, 0.25) is 0 Å². The monoisotopic (exact) mass is 327 g/mol. The quantitative estimate of drug-likeness (QED) is 0.819. The number of ether oxygens (including phenoxy) is 1. The lowest BCUT2D eigenvalue weighted by molar-refractivity contribution is 0.106. The second kappa shape index (κ2) is 7.12. The second-order valence-electron chi connectivity index (χ2n) is 5.87. The zero-order valence-electron chi connectivity index (χ0n) is 13.6. The molecule has 120 valence electrons. The molecule has 0 amide bonds. The fourth-order valence-corrected chi connectivity index (χ4v) is 3.72. The Morgan fingerprint density at radius 3 is 2.70 bits per heavy atom. The molecule has 0 spiro atoms. The molecule has 1 aromatic carbocycles. The fourth-order valence-electron chi connectivity index (χ4n) is 2.77. The molecule has 1 saturated heterocycles. The summed E-state index contributed by atoms with van der Waals surface area (Å²) in [6, 6.07) is 9.90. The number of anilines is 2. The third-order valence-corrected chi connectivity index (χ3v) is 5.35. The van der Waals surface area contributed by atoms with E-state index in [1.165, 1.54) is 4.88 Å². The van der Waals surface area contributed by atoms with Crippen LogP contribution in [0.2, 0.25) is 0 Å². The average Bonchev–Trinajstić information content (AvgIpc) is 3.19. The van der Waals surface area contributed by atoms with Crippen molar-refractivity contribution in [2.24, 2.45) is 0 Å². The van der Waals surface area contributed by atoms with Crippen LogP contribution in [0.4, 0.5) is 10.8 Å². The van der Waals surface area contributed by atoms with Crippen LogP contribution in [0.3, 0.4) is 0 Å². The zero-order valence-corrected chi connectivity index (χ0v) is 14.4. The molecule has 0 radical (unpaired) electrons. The molecule has 0 aliphatic carbocycles. The van der Waals surface area contributed by atoms with Gasteiger partial charge in [0, 0.05) is 23.7 Å². The molecule has 3 rings (SSSR count). The average molecular weight is 327 g/mol. The van der Waals surface area contributed by atoms with Gasteiger partial charge in [0.1, 0.15) is 0 Å². The largest absolute Gasteiger partial charge is 0.378 e. The number of aromatic nitrogens is 1. The first-order valence-corrected chi connectivity index (χ1v) is 8.82. The van der Waals surface area contributed by atoms with Crippen LogP contribution in [0, 0.1) is 25.2 Å². The number of hydrogen-bond donors (Lipinski definition) is 0. The van der Waals surface area contributed by atoms with Crippen LogP contribution >= 0.6 is 11.3 Å². The summed E-state index contributed by atoms with van der Waals surface area (Å²) in [6.45, 7) is 5.92. The van der Waals surface area contributed by atoms with Gasteiger partial charge in [-0.15, -0.1) is 11.3 Å². The Labute approximate surface area is 141 Å². The second-order valence-corrected chi connectivity index (χ2v) is 7.05. The van der Waals surface area contributed by atoms with Crippen molar-refractivity contribution in [1.29, 1.82) is 5.26 Å². The van der Waals surface area contributed by atoms with Crippen molar-refractivity contribution in [1.82, 2.24) is 4.98 Å². The van der Waals surface area contributed by atoms with Crippen LogP contribution in [0.25, 0.3) is 0 Å². The summed E-state index contributed by atoms with van der Waals surface area (Å²) >= 11 is 1.72. The minimum Gasteiger partial charge on any atom is -0.378 e. The molecule has 5 heteroatoms. The van der Waals surface area contributed by atoms with Crippen LogP contribution in [-0.4, -0.2) is 24.2 Å². The summed E-state index contributed by atoms with van der Waals surface area (Å²) in [5, 5.41) is 10.00. The minimum absolute atomic E-state index is 0.359. The molecule has 4 nitrogen and oxygen atoms in total. The zero-order chi connectivity index (χ0) is 16.2. The van der Waals surface area contributed by atoms with Gasteiger partial charge >= 0.3 is 0 Å². The van der Waals surface area contributed by atoms with E-state index in [2.05, 4.69) is 17.9 Å². The Bertz CT molecular complexity index is 677. The molecule has 0 saturated carbocycles. The third kappa shape index (κ3) is 3.72. The number of benzene rings is 1. The normalized spacial score (nSPS) is 17.2. The summed E-state index contributed by atoms with van der Waals surface area (Å²) in [5.74, 6) is 0. The Kier molecular flexibility index (Phi) is 4.94. The maximum Gasteiger partial charge on any atom is 0.190 e. The standard InChI is InChI=1S/C18H21N3OS/c1-13-14(2)23-18(20-13)21(10-9-17-4-3-11-22-17)16-7-5-15(12-19)6-8-16/h5-8,17H,3-4,9-11H2,1-2H3. The molecule has 23 heavy (non-hydrogen) atoms. The Balaban J connectivity index is 1.83. The van der Waals surface area contributed by atoms with E-state index >= 15 is 0 Å². The molecular formula is C18H21N3OS. The van der Waals surface area contributed by atoms with E-state index in [0.717, 1.165) is 48.9 Å². The molecule has 1 fully saturated rings. The fraction of sp³-hybridized carbons (Fsp3) is 0.444. The van der Waals surface area contributed by atoms with Crippen molar-refractivity contribution >= 4 is 22.2 Å². The Hall–Kier alpha value is -1.90. The number of nitrogens with zero attached hydrogens (tertiary/aromatic N) is 3. The summed E-state index contributed by atoms with van der Waals surface area (Å²) in [7, 11) is 0. The molecule has 1 aliphatic rings. The van der Waals surface area contributed by atoms with E-state index < -0.39 is 0 Å². The van der Waals surface area contributed by atoms with E-state index in [1.807, 2.05) is 31.2 Å². The van der Waals surface area contributed by atoms with Gasteiger partial charge in [0.25, 0.3) is 0 Å². The molecule has 1 aliphatic heterocycles. The molecule has 2 aromatic rings. The summed E-state index contributed by atoms with van der Waals surface area (Å²) < 4.78 is 5.75. The number of nitriles is 1. The summed E-state index contributed by atoms with van der Waals surface area (Å²) in [5.41, 5.74) is 2.84. The van der Waals surface area contributed by atoms with E-state index in [4.69, 9.17) is 15.0 Å². The van der Waals surface area contributed by atoms with Gasteiger partial charge in [-0.3, -0.25) is 0 Å². The molecule has 1 atom stereocenters. The van der Waals surface area contributed by atoms with Gasteiger partial charge in [-0.05, 0) is 57.4 Å². The highest BCUT2D eigenvalue weighted by atomic mass is 32.1. The van der Waals surface area contributed by atoms with Gasteiger partial charge in [0.15, 0.2) is 5.13 Å². The highest BCUT2D eigenvalue weighted by molar-refractivity contribution is 7.15. The van der Waals surface area contributed by atoms with Gasteiger partial charge in [-0.2, -0.15) is 5.26 Å². The number of aryl methyl sites for hydroxylation is 2. The van der Waals surface area contributed by atoms with E-state index in [9.17, 15) is 0 Å². The van der Waals surface area contributed by atoms with Crippen molar-refractivity contribution < 1.29 is 4.74 Å². The van der Waals surface area contributed by atoms with Crippen LogP contribution in [0.15, 0.2) is 24.3 Å². The van der Waals surface area contributed by atoms with Crippen molar-refractivity contribution in [3.8, 4) is 6.07 Å². The van der Waals surface area contributed by atoms with Gasteiger partial charge in [-0.25, -0.2) is 4.98 Å². The van der Waals surface area contributed by atoms with Crippen LogP contribution < -0.4 is 4.90 Å². The SMILES string of the molecule is Cc1nc(N(CCC2CCCO2)c2ccc(C#N)cc2)sc1C. The first-order valence-electron chi connectivity index (χ1n) is 8.00. The molecule has 1 aromatic heterocycles. The van der Waals surface area contributed by atoms with Crippen molar-refractivity contribution in [3.63, 3.8) is 0 Å². The predicted molar refractivity (Wildman–Crippen MR) is 93.3 cm³/mol. The van der Waals surface area contributed by atoms with E-state index in [-0.39, 0.29) is 0 Å². The van der Waals surface area contributed by atoms with Crippen molar-refractivity contribution in [3.05, 3.63) is 40.4 Å². The topological polar surface area (TPSA) is 49.2 Å². The summed E-state index contributed by atoms with van der Waals surface area (Å²) in [6.07, 6.45) is 3.67. The smallest absolute Gasteiger partial charge is 0.190 e. The molecule has 2 heterocycles. The maximum atomic E-state index is 8.98.